The van der Waals surface area contributed by atoms with Crippen LogP contribution in [0.25, 0.3) is 0 Å². The van der Waals surface area contributed by atoms with Gasteiger partial charge in [0, 0.05) is 17.0 Å². The average Bonchev–Trinajstić information content (AvgIpc) is 2.53. The minimum absolute atomic E-state index is 0.132. The van der Waals surface area contributed by atoms with E-state index in [9.17, 15) is 0 Å². The zero-order valence-electron chi connectivity index (χ0n) is 12.1. The molecule has 0 saturated carbocycles. The van der Waals surface area contributed by atoms with Crippen molar-refractivity contribution in [1.29, 1.82) is 0 Å². The third-order valence-corrected chi connectivity index (χ3v) is 3.84. The number of halogens is 1. The van der Waals surface area contributed by atoms with E-state index in [4.69, 9.17) is 22.1 Å². The fourth-order valence-electron chi connectivity index (χ4n) is 2.53. The number of fused-ring (bicyclic) bond motifs is 1. The molecule has 1 heterocycles. The molecule has 0 aliphatic carbocycles. The Morgan fingerprint density at radius 1 is 1.27 bits per heavy atom. The first kappa shape index (κ1) is 14.7. The minimum Gasteiger partial charge on any atom is -0.493 e. The summed E-state index contributed by atoms with van der Waals surface area (Å²) in [4.78, 5) is 4.39. The Labute approximate surface area is 135 Å². The predicted molar refractivity (Wildman–Crippen MR) is 89.2 cm³/mol. The first-order valence-electron chi connectivity index (χ1n) is 7.25. The third kappa shape index (κ3) is 3.52. The van der Waals surface area contributed by atoms with Gasteiger partial charge < -0.3 is 15.8 Å². The number of aliphatic imine (C=N–C) groups is 1. The predicted octanol–water partition coefficient (Wildman–Crippen LogP) is 3.27. The van der Waals surface area contributed by atoms with Gasteiger partial charge in [0.05, 0.1) is 19.2 Å². The second kappa shape index (κ2) is 6.71. The molecular formula is C17H18ClN3O. The quantitative estimate of drug-likeness (QED) is 0.675. The van der Waals surface area contributed by atoms with Gasteiger partial charge in [-0.1, -0.05) is 41.9 Å². The number of hydrogen-bond donors (Lipinski definition) is 2. The van der Waals surface area contributed by atoms with Crippen LogP contribution in [-0.4, -0.2) is 12.6 Å². The summed E-state index contributed by atoms with van der Waals surface area (Å²) in [6, 6.07) is 15.8. The maximum Gasteiger partial charge on any atom is 0.189 e. The van der Waals surface area contributed by atoms with Gasteiger partial charge in [-0.05, 0) is 23.8 Å². The Hall–Kier alpha value is -2.20. The molecule has 114 valence electrons. The number of ether oxygens (including phenoxy) is 1. The van der Waals surface area contributed by atoms with Crippen molar-refractivity contribution in [2.75, 3.05) is 6.61 Å². The summed E-state index contributed by atoms with van der Waals surface area (Å²) in [5, 5.41) is 3.98. The van der Waals surface area contributed by atoms with Gasteiger partial charge in [-0.25, -0.2) is 4.99 Å². The zero-order valence-corrected chi connectivity index (χ0v) is 12.9. The monoisotopic (exact) mass is 315 g/mol. The largest absolute Gasteiger partial charge is 0.493 e. The van der Waals surface area contributed by atoms with Crippen molar-refractivity contribution >= 4 is 17.6 Å². The number of nitrogens with one attached hydrogen (secondary N) is 1. The lowest BCUT2D eigenvalue weighted by atomic mass is 10.0. The number of rotatable bonds is 3. The first-order chi connectivity index (χ1) is 10.7. The molecule has 0 bridgehead atoms. The Kier molecular flexibility index (Phi) is 4.49. The Bertz CT molecular complexity index is 687. The molecule has 2 aromatic carbocycles. The standard InChI is InChI=1S/C17H18ClN3O/c18-13-5-3-4-12(10-13)11-20-17(19)21-15-8-9-22-16-7-2-1-6-14(15)16/h1-7,10,15H,8-9,11H2,(H3,19,20,21). The molecule has 1 aliphatic rings. The van der Waals surface area contributed by atoms with Crippen molar-refractivity contribution in [3.8, 4) is 5.75 Å². The summed E-state index contributed by atoms with van der Waals surface area (Å²) in [5.41, 5.74) is 8.16. The average molecular weight is 316 g/mol. The van der Waals surface area contributed by atoms with Crippen LogP contribution in [0.15, 0.2) is 53.5 Å². The lowest BCUT2D eigenvalue weighted by molar-refractivity contribution is 0.262. The molecule has 4 nitrogen and oxygen atoms in total. The van der Waals surface area contributed by atoms with Crippen LogP contribution in [0, 0.1) is 0 Å². The highest BCUT2D eigenvalue weighted by molar-refractivity contribution is 6.30. The molecule has 3 N–H and O–H groups in total. The molecule has 3 rings (SSSR count). The van der Waals surface area contributed by atoms with Crippen molar-refractivity contribution < 1.29 is 4.74 Å². The summed E-state index contributed by atoms with van der Waals surface area (Å²) in [6.45, 7) is 1.18. The Morgan fingerprint density at radius 3 is 3.00 bits per heavy atom. The maximum absolute atomic E-state index is 6.01. The van der Waals surface area contributed by atoms with Crippen LogP contribution in [0.3, 0.4) is 0 Å². The van der Waals surface area contributed by atoms with Gasteiger partial charge >= 0.3 is 0 Å². The van der Waals surface area contributed by atoms with E-state index in [0.717, 1.165) is 23.3 Å². The summed E-state index contributed by atoms with van der Waals surface area (Å²) in [5.74, 6) is 1.34. The molecular weight excluding hydrogens is 298 g/mol. The normalized spacial score (nSPS) is 17.5. The molecule has 0 saturated heterocycles. The molecule has 0 radical (unpaired) electrons. The molecule has 0 spiro atoms. The van der Waals surface area contributed by atoms with Crippen LogP contribution in [0.5, 0.6) is 5.75 Å². The van der Waals surface area contributed by atoms with Crippen molar-refractivity contribution in [1.82, 2.24) is 5.32 Å². The molecule has 1 atom stereocenters. The van der Waals surface area contributed by atoms with Crippen LogP contribution < -0.4 is 15.8 Å². The first-order valence-corrected chi connectivity index (χ1v) is 7.63. The van der Waals surface area contributed by atoms with E-state index in [-0.39, 0.29) is 6.04 Å². The van der Waals surface area contributed by atoms with Gasteiger partial charge in [0.2, 0.25) is 0 Å². The number of nitrogens with two attached hydrogens (primary N) is 1. The van der Waals surface area contributed by atoms with Crippen LogP contribution in [0.1, 0.15) is 23.6 Å². The summed E-state index contributed by atoms with van der Waals surface area (Å²) in [6.07, 6.45) is 0.865. The maximum atomic E-state index is 6.01. The minimum atomic E-state index is 0.132. The Balaban J connectivity index is 1.67. The van der Waals surface area contributed by atoms with Crippen LogP contribution in [0.2, 0.25) is 5.02 Å². The van der Waals surface area contributed by atoms with Gasteiger partial charge in [-0.15, -0.1) is 0 Å². The molecule has 5 heteroatoms. The van der Waals surface area contributed by atoms with Gasteiger partial charge in [-0.2, -0.15) is 0 Å². The molecule has 0 amide bonds. The van der Waals surface area contributed by atoms with Crippen molar-refractivity contribution in [2.45, 2.75) is 19.0 Å². The second-order valence-electron chi connectivity index (χ2n) is 5.20. The van der Waals surface area contributed by atoms with Crippen LogP contribution in [0.4, 0.5) is 0 Å². The van der Waals surface area contributed by atoms with E-state index in [1.165, 1.54) is 0 Å². The molecule has 2 aromatic rings. The third-order valence-electron chi connectivity index (χ3n) is 3.60. The smallest absolute Gasteiger partial charge is 0.189 e. The molecule has 0 aromatic heterocycles. The number of hydrogen-bond acceptors (Lipinski definition) is 2. The van der Waals surface area contributed by atoms with E-state index in [1.807, 2.05) is 42.5 Å². The zero-order chi connectivity index (χ0) is 15.4. The highest BCUT2D eigenvalue weighted by atomic mass is 35.5. The molecule has 1 unspecified atom stereocenters. The highest BCUT2D eigenvalue weighted by Crippen LogP contribution is 2.31. The highest BCUT2D eigenvalue weighted by Gasteiger charge is 2.21. The van der Waals surface area contributed by atoms with Crippen molar-refractivity contribution in [2.24, 2.45) is 10.7 Å². The lowest BCUT2D eigenvalue weighted by Crippen LogP contribution is -2.37. The Morgan fingerprint density at radius 2 is 2.14 bits per heavy atom. The van der Waals surface area contributed by atoms with E-state index in [2.05, 4.69) is 16.4 Å². The van der Waals surface area contributed by atoms with Crippen molar-refractivity contribution in [3.63, 3.8) is 0 Å². The second-order valence-corrected chi connectivity index (χ2v) is 5.64. The van der Waals surface area contributed by atoms with E-state index in [1.54, 1.807) is 0 Å². The number of para-hydroxylation sites is 1. The molecule has 22 heavy (non-hydrogen) atoms. The van der Waals surface area contributed by atoms with Gasteiger partial charge in [0.1, 0.15) is 5.75 Å². The van der Waals surface area contributed by atoms with Gasteiger partial charge in [0.25, 0.3) is 0 Å². The van der Waals surface area contributed by atoms with Crippen molar-refractivity contribution in [3.05, 3.63) is 64.7 Å². The summed E-state index contributed by atoms with van der Waals surface area (Å²) < 4.78 is 5.64. The van der Waals surface area contributed by atoms with E-state index in [0.29, 0.717) is 24.1 Å². The fourth-order valence-corrected chi connectivity index (χ4v) is 2.74. The molecule has 1 aliphatic heterocycles. The van der Waals surface area contributed by atoms with Crippen LogP contribution >= 0.6 is 11.6 Å². The van der Waals surface area contributed by atoms with E-state index < -0.39 is 0 Å². The summed E-state index contributed by atoms with van der Waals surface area (Å²) in [7, 11) is 0. The lowest BCUT2D eigenvalue weighted by Gasteiger charge is -2.26. The van der Waals surface area contributed by atoms with Crippen LogP contribution in [-0.2, 0) is 6.54 Å². The molecule has 0 fully saturated rings. The SMILES string of the molecule is NC(=NCc1cccc(Cl)c1)NC1CCOc2ccccc21. The van der Waals surface area contributed by atoms with Gasteiger partial charge in [-0.3, -0.25) is 0 Å². The van der Waals surface area contributed by atoms with E-state index >= 15 is 0 Å². The fraction of sp³-hybridized carbons (Fsp3) is 0.235. The summed E-state index contributed by atoms with van der Waals surface area (Å²) >= 11 is 5.96. The topological polar surface area (TPSA) is 59.6 Å². The van der Waals surface area contributed by atoms with Gasteiger partial charge in [0.15, 0.2) is 5.96 Å². The number of nitrogens with zero attached hydrogens (tertiary/aromatic N) is 1. The number of guanidine groups is 1. The number of benzene rings is 2.